The van der Waals surface area contributed by atoms with Crippen LogP contribution in [-0.2, 0) is 0 Å². The van der Waals surface area contributed by atoms with E-state index < -0.39 is 9.75 Å². The second kappa shape index (κ2) is 4.03. The van der Waals surface area contributed by atoms with Crippen molar-refractivity contribution in [2.75, 3.05) is 0 Å². The van der Waals surface area contributed by atoms with Gasteiger partial charge in [-0.1, -0.05) is 46.6 Å². The molecule has 2 rings (SSSR count). The predicted molar refractivity (Wildman–Crippen MR) is 76.8 cm³/mol. The molecule has 0 amide bonds. The monoisotopic (exact) mass is 268 g/mol. The Labute approximate surface area is 114 Å². The van der Waals surface area contributed by atoms with E-state index in [9.17, 15) is 0 Å². The van der Waals surface area contributed by atoms with Crippen LogP contribution in [0.15, 0.2) is 46.6 Å². The van der Waals surface area contributed by atoms with Gasteiger partial charge in [0.2, 0.25) is 0 Å². The van der Waals surface area contributed by atoms with E-state index in [0.29, 0.717) is 6.42 Å². The molecule has 0 aromatic heterocycles. The molecule has 0 saturated carbocycles. The molecule has 0 fully saturated rings. The van der Waals surface area contributed by atoms with E-state index in [4.69, 9.17) is 23.2 Å². The minimum Gasteiger partial charge on any atom is -0.110 e. The lowest BCUT2D eigenvalue weighted by molar-refractivity contribution is 0.689. The molecule has 17 heavy (non-hydrogen) atoms. The van der Waals surface area contributed by atoms with E-state index in [2.05, 4.69) is 52.0 Å². The van der Waals surface area contributed by atoms with Crippen LogP contribution >= 0.6 is 23.2 Å². The molecule has 0 spiro atoms. The Kier molecular flexibility index (Phi) is 3.08. The van der Waals surface area contributed by atoms with Gasteiger partial charge >= 0.3 is 0 Å². The van der Waals surface area contributed by atoms with Crippen molar-refractivity contribution >= 4 is 23.2 Å². The largest absolute Gasteiger partial charge is 0.110 e. The molecule has 0 N–H and O–H groups in total. The summed E-state index contributed by atoms with van der Waals surface area (Å²) in [5, 5.41) is 0. The van der Waals surface area contributed by atoms with E-state index in [1.54, 1.807) is 0 Å². The average molecular weight is 269 g/mol. The van der Waals surface area contributed by atoms with Crippen molar-refractivity contribution in [1.29, 1.82) is 0 Å². The fourth-order valence-corrected chi connectivity index (χ4v) is 3.76. The lowest BCUT2D eigenvalue weighted by Gasteiger charge is -2.26. The lowest BCUT2D eigenvalue weighted by Crippen LogP contribution is -2.26. The minimum atomic E-state index is -0.437. The van der Waals surface area contributed by atoms with Gasteiger partial charge in [0.05, 0.1) is 9.75 Å². The zero-order valence-corrected chi connectivity index (χ0v) is 12.3. The second-order valence-corrected chi connectivity index (χ2v) is 6.75. The molecular weight excluding hydrogens is 251 g/mol. The van der Waals surface area contributed by atoms with Crippen LogP contribution in [0.3, 0.4) is 0 Å². The summed E-state index contributed by atoms with van der Waals surface area (Å²) in [5.41, 5.74) is 5.00. The third-order valence-corrected chi connectivity index (χ3v) is 4.32. The van der Waals surface area contributed by atoms with E-state index in [1.807, 2.05) is 0 Å². The number of halogens is 2. The maximum atomic E-state index is 6.63. The molecule has 0 unspecified atom stereocenters. The molecule has 0 aromatic rings. The summed E-state index contributed by atoms with van der Waals surface area (Å²) in [7, 11) is 0. The predicted octanol–water partition coefficient (Wildman–Crippen LogP) is 5.14. The van der Waals surface area contributed by atoms with Crippen LogP contribution in [-0.4, -0.2) is 9.75 Å². The normalized spacial score (nSPS) is 25.3. The van der Waals surface area contributed by atoms with E-state index in [1.165, 1.54) is 22.3 Å². The summed E-state index contributed by atoms with van der Waals surface area (Å²) >= 11 is 13.3. The molecule has 0 nitrogen and oxygen atoms in total. The molecular formula is C15H18Cl2. The van der Waals surface area contributed by atoms with Crippen LogP contribution in [0.5, 0.6) is 0 Å². The smallest absolute Gasteiger partial charge is 0.0840 e. The Morgan fingerprint density at radius 1 is 0.706 bits per heavy atom. The molecule has 0 radical (unpaired) electrons. The first-order valence-electron chi connectivity index (χ1n) is 5.89. The Hall–Kier alpha value is -0.460. The highest BCUT2D eigenvalue weighted by Crippen LogP contribution is 2.44. The maximum Gasteiger partial charge on any atom is 0.0840 e. The highest BCUT2D eigenvalue weighted by Gasteiger charge is 2.38. The summed E-state index contributed by atoms with van der Waals surface area (Å²) < 4.78 is 0. The highest BCUT2D eigenvalue weighted by atomic mass is 35.5. The van der Waals surface area contributed by atoms with E-state index in [0.717, 1.165) is 0 Å². The molecule has 92 valence electrons. The van der Waals surface area contributed by atoms with Crippen molar-refractivity contribution in [3.05, 3.63) is 46.6 Å². The topological polar surface area (TPSA) is 0 Å². The third kappa shape index (κ3) is 2.53. The number of hydrogen-bond donors (Lipinski definition) is 0. The Balaban J connectivity index is 2.25. The molecule has 2 aliphatic carbocycles. The Morgan fingerprint density at radius 2 is 0.941 bits per heavy atom. The SMILES string of the molecule is CC1=CC(Cl)(CC2(Cl)C=C(C)C(C)=C2)C=C1C. The van der Waals surface area contributed by atoms with Gasteiger partial charge in [0, 0.05) is 0 Å². The second-order valence-electron chi connectivity index (χ2n) is 5.34. The molecule has 2 heteroatoms. The summed E-state index contributed by atoms with van der Waals surface area (Å²) in [4.78, 5) is -0.873. The van der Waals surface area contributed by atoms with Crippen molar-refractivity contribution in [2.24, 2.45) is 0 Å². The van der Waals surface area contributed by atoms with Crippen LogP contribution in [0.25, 0.3) is 0 Å². The van der Waals surface area contributed by atoms with Crippen molar-refractivity contribution in [3.8, 4) is 0 Å². The zero-order chi connectivity index (χ0) is 12.8. The van der Waals surface area contributed by atoms with Gasteiger partial charge in [-0.15, -0.1) is 23.2 Å². The van der Waals surface area contributed by atoms with Crippen LogP contribution in [0, 0.1) is 0 Å². The molecule has 0 aromatic carbocycles. The van der Waals surface area contributed by atoms with Gasteiger partial charge in [0.1, 0.15) is 0 Å². The van der Waals surface area contributed by atoms with Gasteiger partial charge in [0.15, 0.2) is 0 Å². The summed E-state index contributed by atoms with van der Waals surface area (Å²) in [6, 6.07) is 0. The summed E-state index contributed by atoms with van der Waals surface area (Å²) in [6.45, 7) is 8.36. The van der Waals surface area contributed by atoms with Crippen molar-refractivity contribution in [1.82, 2.24) is 0 Å². The Morgan fingerprint density at radius 3 is 1.18 bits per heavy atom. The van der Waals surface area contributed by atoms with Gasteiger partial charge in [-0.05, 0) is 34.1 Å². The van der Waals surface area contributed by atoms with Crippen LogP contribution in [0.2, 0.25) is 0 Å². The van der Waals surface area contributed by atoms with Gasteiger partial charge in [-0.25, -0.2) is 0 Å². The molecule has 0 heterocycles. The lowest BCUT2D eigenvalue weighted by atomic mass is 9.94. The molecule has 0 atom stereocenters. The van der Waals surface area contributed by atoms with Crippen molar-refractivity contribution in [3.63, 3.8) is 0 Å². The summed E-state index contributed by atoms with van der Waals surface area (Å²) in [5.74, 6) is 0. The number of allylic oxidation sites excluding steroid dienone is 8. The molecule has 2 aliphatic rings. The average Bonchev–Trinajstić information content (AvgIpc) is 2.51. The molecule has 0 bridgehead atoms. The van der Waals surface area contributed by atoms with Crippen molar-refractivity contribution < 1.29 is 0 Å². The molecule has 0 saturated heterocycles. The van der Waals surface area contributed by atoms with Gasteiger partial charge in [-0.3, -0.25) is 0 Å². The summed E-state index contributed by atoms with van der Waals surface area (Å²) in [6.07, 6.45) is 9.14. The fraction of sp³-hybridized carbons (Fsp3) is 0.467. The molecule has 0 aliphatic heterocycles. The highest BCUT2D eigenvalue weighted by molar-refractivity contribution is 6.31. The first-order valence-corrected chi connectivity index (χ1v) is 6.65. The maximum absolute atomic E-state index is 6.63. The standard InChI is InChI=1S/C15H18Cl2/c1-10-5-14(16,6-11(10)2)9-15(17)7-12(3)13(4)8-15/h5-8H,9H2,1-4H3. The van der Waals surface area contributed by atoms with Crippen molar-refractivity contribution in [2.45, 2.75) is 43.9 Å². The van der Waals surface area contributed by atoms with Crippen LogP contribution in [0.1, 0.15) is 34.1 Å². The first-order chi connectivity index (χ1) is 7.73. The Bertz CT molecular complexity index is 395. The number of hydrogen-bond acceptors (Lipinski definition) is 0. The number of alkyl halides is 2. The van der Waals surface area contributed by atoms with Gasteiger partial charge < -0.3 is 0 Å². The third-order valence-electron chi connectivity index (χ3n) is 3.61. The fourth-order valence-electron chi connectivity index (χ4n) is 2.60. The zero-order valence-electron chi connectivity index (χ0n) is 10.8. The van der Waals surface area contributed by atoms with Crippen LogP contribution in [0.4, 0.5) is 0 Å². The van der Waals surface area contributed by atoms with Gasteiger partial charge in [0.25, 0.3) is 0 Å². The number of rotatable bonds is 2. The first kappa shape index (κ1) is 13.0. The van der Waals surface area contributed by atoms with E-state index in [-0.39, 0.29) is 0 Å². The quantitative estimate of drug-likeness (QED) is 0.608. The minimum absolute atomic E-state index is 0.437. The van der Waals surface area contributed by atoms with E-state index >= 15 is 0 Å². The van der Waals surface area contributed by atoms with Gasteiger partial charge in [-0.2, -0.15) is 0 Å². The van der Waals surface area contributed by atoms with Crippen LogP contribution < -0.4 is 0 Å².